The lowest BCUT2D eigenvalue weighted by molar-refractivity contribution is 0.0955. The number of amides is 1. The molecule has 3 aromatic carbocycles. The van der Waals surface area contributed by atoms with Gasteiger partial charge in [-0.25, -0.2) is 8.42 Å². The molecule has 0 heterocycles. The third kappa shape index (κ3) is 6.21. The van der Waals surface area contributed by atoms with Crippen molar-refractivity contribution in [2.24, 2.45) is 0 Å². The average molecular weight is 549 g/mol. The summed E-state index contributed by atoms with van der Waals surface area (Å²) >= 11 is 3.34. The van der Waals surface area contributed by atoms with Crippen molar-refractivity contribution in [3.63, 3.8) is 0 Å². The average Bonchev–Trinajstić information content (AvgIpc) is 2.84. The normalized spacial score (nSPS) is 10.9. The van der Waals surface area contributed by atoms with E-state index in [4.69, 9.17) is 14.2 Å². The number of carbonyl (C=O) groups excluding carboxylic acids is 1. The Kier molecular flexibility index (Phi) is 8.41. The zero-order chi connectivity index (χ0) is 24.7. The van der Waals surface area contributed by atoms with Crippen molar-refractivity contribution in [2.45, 2.75) is 11.3 Å². The van der Waals surface area contributed by atoms with Gasteiger partial charge in [-0.1, -0.05) is 28.1 Å². The Balaban J connectivity index is 1.79. The van der Waals surface area contributed by atoms with Gasteiger partial charge in [-0.05, 0) is 54.4 Å². The number of benzene rings is 3. The minimum atomic E-state index is -4.09. The summed E-state index contributed by atoms with van der Waals surface area (Å²) in [5, 5.41) is 2.84. The van der Waals surface area contributed by atoms with Gasteiger partial charge >= 0.3 is 0 Å². The molecule has 34 heavy (non-hydrogen) atoms. The van der Waals surface area contributed by atoms with Gasteiger partial charge in [0.25, 0.3) is 15.9 Å². The predicted octanol–water partition coefficient (Wildman–Crippen LogP) is 4.25. The molecule has 8 nitrogen and oxygen atoms in total. The van der Waals surface area contributed by atoms with Gasteiger partial charge in [-0.2, -0.15) is 0 Å². The number of anilines is 1. The molecule has 0 atom stereocenters. The van der Waals surface area contributed by atoms with Crippen LogP contribution in [0.15, 0.2) is 70.0 Å². The van der Waals surface area contributed by atoms with E-state index in [0.29, 0.717) is 23.2 Å². The molecule has 0 fully saturated rings. The molecule has 180 valence electrons. The highest BCUT2D eigenvalue weighted by atomic mass is 79.9. The molecule has 3 rings (SSSR count). The van der Waals surface area contributed by atoms with Crippen molar-refractivity contribution >= 4 is 37.5 Å². The third-order valence-corrected chi connectivity index (χ3v) is 6.87. The van der Waals surface area contributed by atoms with Gasteiger partial charge in [0.2, 0.25) is 0 Å². The van der Waals surface area contributed by atoms with Gasteiger partial charge in [-0.15, -0.1) is 0 Å². The number of halogens is 1. The first kappa shape index (κ1) is 25.4. The van der Waals surface area contributed by atoms with E-state index in [1.807, 2.05) is 24.3 Å². The maximum atomic E-state index is 13.2. The van der Waals surface area contributed by atoms with Crippen molar-refractivity contribution < 1.29 is 27.4 Å². The quantitative estimate of drug-likeness (QED) is 0.392. The molecule has 2 N–H and O–H groups in total. The van der Waals surface area contributed by atoms with Gasteiger partial charge < -0.3 is 19.5 Å². The number of hydrogen-bond donors (Lipinski definition) is 2. The highest BCUT2D eigenvalue weighted by molar-refractivity contribution is 9.10. The molecule has 0 unspecified atom stereocenters. The fourth-order valence-corrected chi connectivity index (χ4v) is 4.82. The summed E-state index contributed by atoms with van der Waals surface area (Å²) in [5.74, 6) is 0.848. The van der Waals surface area contributed by atoms with Crippen molar-refractivity contribution in [1.82, 2.24) is 5.32 Å². The molecular formula is C24H25BrN2O6S. The van der Waals surface area contributed by atoms with Gasteiger partial charge in [0, 0.05) is 17.1 Å². The first-order chi connectivity index (χ1) is 16.3. The first-order valence-electron chi connectivity index (χ1n) is 10.2. The topological polar surface area (TPSA) is 103 Å². The predicted molar refractivity (Wildman–Crippen MR) is 134 cm³/mol. The number of nitrogens with one attached hydrogen (secondary N) is 2. The Hall–Kier alpha value is -3.24. The maximum absolute atomic E-state index is 13.2. The molecule has 0 aliphatic carbocycles. The van der Waals surface area contributed by atoms with Gasteiger partial charge in [0.1, 0.15) is 22.1 Å². The van der Waals surface area contributed by atoms with E-state index < -0.39 is 15.9 Å². The van der Waals surface area contributed by atoms with Crippen LogP contribution in [0.3, 0.4) is 0 Å². The summed E-state index contributed by atoms with van der Waals surface area (Å²) in [4.78, 5) is 12.8. The number of rotatable bonds is 10. The molecule has 0 aliphatic rings. The summed E-state index contributed by atoms with van der Waals surface area (Å²) in [6.07, 6.45) is 0.603. The van der Waals surface area contributed by atoms with Crippen molar-refractivity contribution in [1.29, 1.82) is 0 Å². The summed E-state index contributed by atoms with van der Waals surface area (Å²) in [5.41, 5.74) is 1.34. The lowest BCUT2D eigenvalue weighted by Crippen LogP contribution is -2.27. The van der Waals surface area contributed by atoms with Crippen molar-refractivity contribution in [3.05, 3.63) is 76.3 Å². The van der Waals surface area contributed by atoms with E-state index in [1.54, 1.807) is 25.3 Å². The smallest absolute Gasteiger partial charge is 0.265 e. The molecule has 3 aromatic rings. The largest absolute Gasteiger partial charge is 0.497 e. The van der Waals surface area contributed by atoms with Crippen molar-refractivity contribution in [3.8, 4) is 17.2 Å². The minimum Gasteiger partial charge on any atom is -0.497 e. The molecule has 1 amide bonds. The third-order valence-electron chi connectivity index (χ3n) is 4.99. The molecule has 0 saturated carbocycles. The lowest BCUT2D eigenvalue weighted by atomic mass is 10.1. The Morgan fingerprint density at radius 1 is 0.882 bits per heavy atom. The van der Waals surface area contributed by atoms with Crippen LogP contribution in [0.4, 0.5) is 5.69 Å². The zero-order valence-corrected chi connectivity index (χ0v) is 21.3. The second kappa shape index (κ2) is 11.3. The Morgan fingerprint density at radius 3 is 2.21 bits per heavy atom. The summed E-state index contributed by atoms with van der Waals surface area (Å²) in [6.45, 7) is 0.369. The standard InChI is InChI=1S/C24H25BrN2O6S/c1-31-18-7-4-16(5-8-18)12-13-26-24(28)20-14-17(25)6-10-21(20)27-34(29,30)23-15-19(32-2)9-11-22(23)33-3/h4-11,14-15,27H,12-13H2,1-3H3,(H,26,28). The maximum Gasteiger partial charge on any atom is 0.265 e. The van der Waals surface area contributed by atoms with Gasteiger partial charge in [0.05, 0.1) is 32.6 Å². The van der Waals surface area contributed by atoms with E-state index in [2.05, 4.69) is 26.0 Å². The monoisotopic (exact) mass is 548 g/mol. The highest BCUT2D eigenvalue weighted by Crippen LogP contribution is 2.31. The van der Waals surface area contributed by atoms with E-state index in [-0.39, 0.29) is 21.9 Å². The van der Waals surface area contributed by atoms with Crippen LogP contribution in [0, 0.1) is 0 Å². The van der Waals surface area contributed by atoms with E-state index in [9.17, 15) is 13.2 Å². The van der Waals surface area contributed by atoms with Crippen LogP contribution in [0.5, 0.6) is 17.2 Å². The number of carbonyl (C=O) groups is 1. The fourth-order valence-electron chi connectivity index (χ4n) is 3.19. The van der Waals surface area contributed by atoms with Crippen molar-refractivity contribution in [2.75, 3.05) is 32.6 Å². The van der Waals surface area contributed by atoms with Crippen LogP contribution in [-0.2, 0) is 16.4 Å². The Bertz CT molecular complexity index is 1260. The molecular weight excluding hydrogens is 524 g/mol. The second-order valence-corrected chi connectivity index (χ2v) is 9.73. The van der Waals surface area contributed by atoms with E-state index in [0.717, 1.165) is 11.3 Å². The van der Waals surface area contributed by atoms with Crippen LogP contribution in [0.25, 0.3) is 0 Å². The minimum absolute atomic E-state index is 0.108. The van der Waals surface area contributed by atoms with Gasteiger partial charge in [0.15, 0.2) is 0 Å². The molecule has 0 aliphatic heterocycles. The number of sulfonamides is 1. The SMILES string of the molecule is COc1ccc(CCNC(=O)c2cc(Br)ccc2NS(=O)(=O)c2cc(OC)ccc2OC)cc1. The van der Waals surface area contributed by atoms with Crippen LogP contribution in [0.1, 0.15) is 15.9 Å². The number of ether oxygens (including phenoxy) is 3. The van der Waals surface area contributed by atoms with Crippen LogP contribution < -0.4 is 24.2 Å². The summed E-state index contributed by atoms with van der Waals surface area (Å²) < 4.78 is 45.0. The molecule has 0 bridgehead atoms. The van der Waals surface area contributed by atoms with Crippen LogP contribution in [-0.4, -0.2) is 42.2 Å². The molecule has 0 saturated heterocycles. The molecule has 0 radical (unpaired) electrons. The molecule has 10 heteroatoms. The number of methoxy groups -OCH3 is 3. The van der Waals surface area contributed by atoms with E-state index in [1.165, 1.54) is 32.4 Å². The number of hydrogen-bond acceptors (Lipinski definition) is 6. The second-order valence-electron chi connectivity index (χ2n) is 7.17. The Labute approximate surface area is 207 Å². The summed E-state index contributed by atoms with van der Waals surface area (Å²) in [6, 6.07) is 16.7. The van der Waals surface area contributed by atoms with Crippen LogP contribution >= 0.6 is 15.9 Å². The van der Waals surface area contributed by atoms with Crippen LogP contribution in [0.2, 0.25) is 0 Å². The highest BCUT2D eigenvalue weighted by Gasteiger charge is 2.23. The molecule has 0 aromatic heterocycles. The first-order valence-corrected chi connectivity index (χ1v) is 12.5. The zero-order valence-electron chi connectivity index (χ0n) is 18.9. The molecule has 0 spiro atoms. The Morgan fingerprint density at radius 2 is 1.56 bits per heavy atom. The van der Waals surface area contributed by atoms with Gasteiger partial charge in [-0.3, -0.25) is 9.52 Å². The fraction of sp³-hybridized carbons (Fsp3) is 0.208. The summed E-state index contributed by atoms with van der Waals surface area (Å²) in [7, 11) is 0.327. The van der Waals surface area contributed by atoms with E-state index >= 15 is 0 Å². The lowest BCUT2D eigenvalue weighted by Gasteiger charge is -2.15.